The van der Waals surface area contributed by atoms with E-state index in [9.17, 15) is 31.5 Å². The number of benzene rings is 2. The van der Waals surface area contributed by atoms with Crippen LogP contribution in [0.15, 0.2) is 48.7 Å². The van der Waals surface area contributed by atoms with Crippen molar-refractivity contribution in [2.24, 2.45) is 7.05 Å². The maximum Gasteiger partial charge on any atom is 0.417 e. The highest BCUT2D eigenvalue weighted by atomic mass is 35.5. The first kappa shape index (κ1) is 30.3. The number of alkyl halides is 4. The van der Waals surface area contributed by atoms with Gasteiger partial charge < -0.3 is 14.8 Å². The molecule has 0 fully saturated rings. The van der Waals surface area contributed by atoms with Gasteiger partial charge in [-0.2, -0.15) is 13.2 Å². The second-order valence-electron chi connectivity index (χ2n) is 10.6. The molecule has 0 radical (unpaired) electrons. The molecule has 0 saturated carbocycles. The van der Waals surface area contributed by atoms with Crippen molar-refractivity contribution in [3.63, 3.8) is 0 Å². The van der Waals surface area contributed by atoms with Gasteiger partial charge >= 0.3 is 6.18 Å². The fourth-order valence-corrected chi connectivity index (χ4v) is 5.78. The standard InChI is InChI=1S/C31H24ClF5N6O2/c1-15-38-26-22(42(15)3)14-18(31(35,36)37)24-17-6-5-10-43-27(17)21(8-11-41(2)28(24)26)39-30(43)29(45)16-12-19(33)25(20(34)13-16)40-23(44)7-4-9-32/h4-7,10,12-14H,8-9,11H2,1-3H3,(H,40,44)/b7-4+. The third kappa shape index (κ3) is 5.00. The van der Waals surface area contributed by atoms with Crippen LogP contribution in [0.4, 0.5) is 33.3 Å². The summed E-state index contributed by atoms with van der Waals surface area (Å²) in [5.41, 5.74) is -0.350. The van der Waals surface area contributed by atoms with E-state index < -0.39 is 46.3 Å². The Kier molecular flexibility index (Phi) is 7.39. The number of imidazole rings is 2. The molecule has 0 saturated heterocycles. The minimum atomic E-state index is -4.74. The Balaban J connectivity index is 1.55. The highest BCUT2D eigenvalue weighted by molar-refractivity contribution is 6.19. The predicted molar refractivity (Wildman–Crippen MR) is 160 cm³/mol. The Hall–Kier alpha value is -4.78. The van der Waals surface area contributed by atoms with Crippen LogP contribution in [0.2, 0.25) is 0 Å². The van der Waals surface area contributed by atoms with Gasteiger partial charge in [0, 0.05) is 61.9 Å². The monoisotopic (exact) mass is 642 g/mol. The Labute approximate surface area is 257 Å². The van der Waals surface area contributed by atoms with Crippen molar-refractivity contribution in [2.75, 3.05) is 29.7 Å². The molecule has 1 aliphatic heterocycles. The number of carbonyl (C=O) groups excluding carboxylic acids is 2. The van der Waals surface area contributed by atoms with Crippen molar-refractivity contribution in [3.05, 3.63) is 88.8 Å². The zero-order valence-electron chi connectivity index (χ0n) is 24.1. The van der Waals surface area contributed by atoms with Crippen molar-refractivity contribution < 1.29 is 31.5 Å². The molecule has 14 heteroatoms. The molecule has 0 spiro atoms. The van der Waals surface area contributed by atoms with Gasteiger partial charge in [0.05, 0.1) is 28.0 Å². The Morgan fingerprint density at radius 2 is 1.82 bits per heavy atom. The number of pyridine rings is 1. The summed E-state index contributed by atoms with van der Waals surface area (Å²) in [7, 11) is 3.33. The number of hydrogen-bond donors (Lipinski definition) is 1. The first-order chi connectivity index (χ1) is 21.3. The first-order valence-electron chi connectivity index (χ1n) is 13.7. The lowest BCUT2D eigenvalue weighted by Gasteiger charge is -2.28. The molecule has 1 aliphatic rings. The van der Waals surface area contributed by atoms with Crippen LogP contribution in [0, 0.1) is 18.6 Å². The van der Waals surface area contributed by atoms with E-state index in [0.29, 0.717) is 28.2 Å². The van der Waals surface area contributed by atoms with Crippen molar-refractivity contribution >= 4 is 51.2 Å². The number of rotatable bonds is 5. The largest absolute Gasteiger partial charge is 0.417 e. The zero-order valence-corrected chi connectivity index (χ0v) is 24.8. The molecule has 1 N–H and O–H groups in total. The molecule has 5 aromatic rings. The van der Waals surface area contributed by atoms with Crippen molar-refractivity contribution in [1.29, 1.82) is 0 Å². The molecule has 0 bridgehead atoms. The third-order valence-corrected chi connectivity index (χ3v) is 8.04. The van der Waals surface area contributed by atoms with Crippen molar-refractivity contribution in [2.45, 2.75) is 19.5 Å². The number of halogens is 6. The number of anilines is 2. The highest BCUT2D eigenvalue weighted by Gasteiger charge is 2.39. The van der Waals surface area contributed by atoms with Gasteiger partial charge in [-0.25, -0.2) is 18.7 Å². The van der Waals surface area contributed by atoms with E-state index >= 15 is 0 Å². The van der Waals surface area contributed by atoms with E-state index in [4.69, 9.17) is 11.6 Å². The van der Waals surface area contributed by atoms with Crippen LogP contribution in [0.3, 0.4) is 0 Å². The van der Waals surface area contributed by atoms with Gasteiger partial charge in [0.1, 0.15) is 28.7 Å². The topological polar surface area (TPSA) is 84.5 Å². The molecule has 1 amide bonds. The Bertz CT molecular complexity index is 2060. The average Bonchev–Trinajstić information content (AvgIpc) is 3.50. The lowest BCUT2D eigenvalue weighted by Crippen LogP contribution is -2.24. The molecule has 232 valence electrons. The number of hydrogen-bond acceptors (Lipinski definition) is 5. The summed E-state index contributed by atoms with van der Waals surface area (Å²) >= 11 is 5.48. The lowest BCUT2D eigenvalue weighted by atomic mass is 9.93. The average molecular weight is 643 g/mol. The SMILES string of the molecule is Cc1nc2c3c(c(C(F)(F)F)cc2n1C)-c1cccn2c(C(=O)c4cc(F)c(NC(=O)/C=C/CCl)c(F)c4)nc(c12)CCN3C. The summed E-state index contributed by atoms with van der Waals surface area (Å²) in [5, 5.41) is 2.07. The third-order valence-electron chi connectivity index (χ3n) is 7.87. The number of carbonyl (C=O) groups is 2. The maximum atomic E-state index is 15.0. The Morgan fingerprint density at radius 1 is 1.11 bits per heavy atom. The van der Waals surface area contributed by atoms with Gasteiger partial charge in [-0.05, 0) is 31.2 Å². The van der Waals surface area contributed by atoms with Gasteiger partial charge in [0.25, 0.3) is 0 Å². The van der Waals surface area contributed by atoms with E-state index in [1.807, 2.05) is 0 Å². The predicted octanol–water partition coefficient (Wildman–Crippen LogP) is 6.45. The van der Waals surface area contributed by atoms with E-state index in [-0.39, 0.29) is 41.3 Å². The molecule has 0 aliphatic carbocycles. The minimum Gasteiger partial charge on any atom is -0.372 e. The Morgan fingerprint density at radius 3 is 2.49 bits per heavy atom. The van der Waals surface area contributed by atoms with E-state index in [2.05, 4.69) is 15.3 Å². The molecule has 45 heavy (non-hydrogen) atoms. The summed E-state index contributed by atoms with van der Waals surface area (Å²) in [4.78, 5) is 36.4. The van der Waals surface area contributed by atoms with E-state index in [0.717, 1.165) is 24.3 Å². The van der Waals surface area contributed by atoms with E-state index in [1.54, 1.807) is 30.5 Å². The van der Waals surface area contributed by atoms with Crippen LogP contribution in [-0.2, 0) is 24.4 Å². The summed E-state index contributed by atoms with van der Waals surface area (Å²) in [5.74, 6) is -3.79. The van der Waals surface area contributed by atoms with Crippen LogP contribution in [0.25, 0.3) is 27.7 Å². The number of amides is 1. The minimum absolute atomic E-state index is 0.0142. The quantitative estimate of drug-likeness (QED) is 0.103. The first-order valence-corrected chi connectivity index (χ1v) is 14.2. The van der Waals surface area contributed by atoms with E-state index in [1.165, 1.54) is 28.8 Å². The fraction of sp³-hybridized carbons (Fsp3) is 0.226. The number of likely N-dealkylation sites (N-methyl/N-ethyl adjacent to an activating group) is 1. The molecule has 6 rings (SSSR count). The lowest BCUT2D eigenvalue weighted by molar-refractivity contribution is -0.137. The zero-order chi connectivity index (χ0) is 32.4. The van der Waals surface area contributed by atoms with Crippen LogP contribution < -0.4 is 10.2 Å². The number of aromatic nitrogens is 4. The van der Waals surface area contributed by atoms with Crippen LogP contribution in [0.5, 0.6) is 0 Å². The fourth-order valence-electron chi connectivity index (χ4n) is 5.69. The molecule has 4 heterocycles. The number of nitrogens with zero attached hydrogens (tertiary/aromatic N) is 5. The molecule has 2 aromatic carbocycles. The van der Waals surface area contributed by atoms with Gasteiger partial charge in [-0.3, -0.25) is 14.0 Å². The smallest absolute Gasteiger partial charge is 0.372 e. The number of ketones is 1. The van der Waals surface area contributed by atoms with Gasteiger partial charge in [-0.1, -0.05) is 12.1 Å². The number of allylic oxidation sites excluding steroid dienone is 1. The molecular formula is C31H24ClF5N6O2. The molecule has 0 atom stereocenters. The van der Waals surface area contributed by atoms with Crippen molar-refractivity contribution in [1.82, 2.24) is 18.9 Å². The van der Waals surface area contributed by atoms with Crippen LogP contribution in [0.1, 0.15) is 33.3 Å². The summed E-state index contributed by atoms with van der Waals surface area (Å²) < 4.78 is 77.1. The van der Waals surface area contributed by atoms with Gasteiger partial charge in [-0.15, -0.1) is 11.6 Å². The molecule has 0 unspecified atom stereocenters. The van der Waals surface area contributed by atoms with Crippen LogP contribution in [-0.4, -0.2) is 50.1 Å². The second kappa shape index (κ2) is 11.0. The van der Waals surface area contributed by atoms with Gasteiger partial charge in [0.2, 0.25) is 11.7 Å². The summed E-state index contributed by atoms with van der Waals surface area (Å²) in [6.45, 7) is 1.95. The number of aryl methyl sites for hydroxylation is 2. The number of nitrogens with one attached hydrogen (secondary N) is 1. The molecular weight excluding hydrogens is 619 g/mol. The normalized spacial score (nSPS) is 13.4. The van der Waals surface area contributed by atoms with Gasteiger partial charge in [0.15, 0.2) is 5.82 Å². The summed E-state index contributed by atoms with van der Waals surface area (Å²) in [6.07, 6.45) is -0.738. The van der Waals surface area contributed by atoms with Crippen LogP contribution >= 0.6 is 11.6 Å². The summed E-state index contributed by atoms with van der Waals surface area (Å²) in [6, 6.07) is 5.61. The highest BCUT2D eigenvalue weighted by Crippen LogP contribution is 2.48. The maximum absolute atomic E-state index is 15.0. The second-order valence-corrected chi connectivity index (χ2v) is 10.9. The molecule has 8 nitrogen and oxygen atoms in total. The van der Waals surface area contributed by atoms with Crippen molar-refractivity contribution in [3.8, 4) is 11.1 Å². The molecule has 3 aromatic heterocycles. The number of fused-ring (bicyclic) bond motifs is 4.